The van der Waals surface area contributed by atoms with Crippen molar-refractivity contribution >= 4 is 34.0 Å². The number of carbonyl (C=O) groups excluding carboxylic acids is 1. The maximum atomic E-state index is 15.1. The van der Waals surface area contributed by atoms with Crippen LogP contribution in [-0.4, -0.2) is 10.8 Å². The van der Waals surface area contributed by atoms with Crippen LogP contribution in [0.25, 0.3) is 10.9 Å². The van der Waals surface area contributed by atoms with Gasteiger partial charge in [0.25, 0.3) is 0 Å². The van der Waals surface area contributed by atoms with Gasteiger partial charge < -0.3 is 10.5 Å². The number of benzene rings is 3. The van der Waals surface area contributed by atoms with Gasteiger partial charge in [-0.25, -0.2) is 13.8 Å². The van der Waals surface area contributed by atoms with Crippen LogP contribution >= 0.6 is 11.6 Å². The lowest BCUT2D eigenvalue weighted by Crippen LogP contribution is -2.39. The maximum absolute atomic E-state index is 15.1. The minimum atomic E-state index is -1.03. The molecule has 1 unspecified atom stereocenters. The number of para-hydroxylation sites is 1. The van der Waals surface area contributed by atoms with E-state index in [9.17, 15) is 15.3 Å². The summed E-state index contributed by atoms with van der Waals surface area (Å²) in [5, 5.41) is 20.7. The van der Waals surface area contributed by atoms with Gasteiger partial charge in [-0.15, -0.1) is 0 Å². The van der Waals surface area contributed by atoms with E-state index in [2.05, 4.69) is 6.07 Å². The molecule has 1 atom stereocenters. The Hall–Kier alpha value is -5.25. The van der Waals surface area contributed by atoms with Crippen LogP contribution in [0.2, 0.25) is 5.02 Å². The lowest BCUT2D eigenvalue weighted by Gasteiger charge is -2.39. The molecule has 42 heavy (non-hydrogen) atoms. The van der Waals surface area contributed by atoms with E-state index in [-0.39, 0.29) is 35.1 Å². The Morgan fingerprint density at radius 2 is 1.74 bits per heavy atom. The summed E-state index contributed by atoms with van der Waals surface area (Å²) in [4.78, 5) is 19.5. The number of hydrogen-bond donors (Lipinski definition) is 1. The number of allylic oxidation sites excluding steroid dienone is 3. The van der Waals surface area contributed by atoms with Crippen molar-refractivity contribution < 1.29 is 18.3 Å². The van der Waals surface area contributed by atoms with E-state index in [1.807, 2.05) is 6.07 Å². The molecule has 3 aromatic carbocycles. The van der Waals surface area contributed by atoms with E-state index >= 15 is 8.78 Å². The van der Waals surface area contributed by atoms with Gasteiger partial charge in [0.05, 0.1) is 34.7 Å². The van der Waals surface area contributed by atoms with E-state index in [0.717, 1.165) is 17.0 Å². The van der Waals surface area contributed by atoms with Crippen LogP contribution in [0, 0.1) is 34.3 Å². The van der Waals surface area contributed by atoms with Crippen LogP contribution in [0.15, 0.2) is 89.4 Å². The van der Waals surface area contributed by atoms with Crippen LogP contribution < -0.4 is 15.4 Å². The Balaban J connectivity index is 1.62. The van der Waals surface area contributed by atoms with E-state index < -0.39 is 23.2 Å². The zero-order valence-corrected chi connectivity index (χ0v) is 22.6. The summed E-state index contributed by atoms with van der Waals surface area (Å²) in [5.74, 6) is -2.82. The van der Waals surface area contributed by atoms with Crippen LogP contribution in [-0.2, 0) is 4.79 Å². The van der Waals surface area contributed by atoms with Gasteiger partial charge in [0.2, 0.25) is 5.88 Å². The van der Waals surface area contributed by atoms with Crippen molar-refractivity contribution in [3.05, 3.63) is 117 Å². The Bertz CT molecular complexity index is 1920. The molecule has 0 saturated carbocycles. The number of nitriles is 2. The molecule has 0 radical (unpaired) electrons. The lowest BCUT2D eigenvalue weighted by molar-refractivity contribution is -0.116. The molecular formula is C32H20ClF2N5O2. The van der Waals surface area contributed by atoms with Crippen molar-refractivity contribution in [2.45, 2.75) is 25.2 Å². The smallest absolute Gasteiger partial charge is 0.224 e. The van der Waals surface area contributed by atoms with Crippen molar-refractivity contribution in [1.29, 1.82) is 10.5 Å². The average molecular weight is 580 g/mol. The molecule has 1 aromatic heterocycles. The van der Waals surface area contributed by atoms with Crippen molar-refractivity contribution in [1.82, 2.24) is 4.98 Å². The molecule has 0 saturated heterocycles. The van der Waals surface area contributed by atoms with Gasteiger partial charge in [0.1, 0.15) is 28.9 Å². The van der Waals surface area contributed by atoms with E-state index in [1.54, 1.807) is 48.5 Å². The van der Waals surface area contributed by atoms with E-state index in [0.29, 0.717) is 51.3 Å². The lowest BCUT2D eigenvalue weighted by atomic mass is 9.75. The molecule has 7 nitrogen and oxygen atoms in total. The molecule has 10 heteroatoms. The number of rotatable bonds is 4. The molecule has 206 valence electrons. The molecule has 0 spiro atoms. The average Bonchev–Trinajstić information content (AvgIpc) is 2.98. The van der Waals surface area contributed by atoms with Crippen LogP contribution in [0.4, 0.5) is 14.5 Å². The molecule has 4 aromatic rings. The molecule has 0 bridgehead atoms. The number of nitrogens with two attached hydrogens (primary N) is 1. The third-order valence-corrected chi connectivity index (χ3v) is 7.59. The fraction of sp³-hybridized carbons (Fsp3) is 0.125. The largest absolute Gasteiger partial charge is 0.439 e. The third-order valence-electron chi connectivity index (χ3n) is 7.35. The molecule has 0 fully saturated rings. The number of carbonyl (C=O) groups is 1. The van der Waals surface area contributed by atoms with Gasteiger partial charge >= 0.3 is 0 Å². The first-order chi connectivity index (χ1) is 20.3. The minimum absolute atomic E-state index is 0.0838. The zero-order valence-electron chi connectivity index (χ0n) is 21.9. The molecule has 6 rings (SSSR count). The number of fused-ring (bicyclic) bond motifs is 1. The van der Waals surface area contributed by atoms with Gasteiger partial charge in [-0.3, -0.25) is 9.69 Å². The number of ether oxygens (including phenoxy) is 1. The minimum Gasteiger partial charge on any atom is -0.439 e. The molecular weight excluding hydrogens is 560 g/mol. The number of aromatic nitrogens is 1. The summed E-state index contributed by atoms with van der Waals surface area (Å²) in [7, 11) is 0. The number of pyridine rings is 1. The first-order valence-corrected chi connectivity index (χ1v) is 13.4. The molecule has 2 heterocycles. The van der Waals surface area contributed by atoms with Crippen molar-refractivity contribution in [2.75, 3.05) is 4.90 Å². The quantitative estimate of drug-likeness (QED) is 0.273. The highest BCUT2D eigenvalue weighted by Crippen LogP contribution is 2.49. The SMILES string of the molecule is N#CC1=C(N)N(c2c(F)cccc2F)C2=C(C(=O)CCC2)C1c1cc2cc(Cl)ccc2nc1Oc1ccc(C#N)cc1. The predicted molar refractivity (Wildman–Crippen MR) is 152 cm³/mol. The zero-order chi connectivity index (χ0) is 29.5. The second kappa shape index (κ2) is 10.6. The second-order valence-electron chi connectivity index (χ2n) is 9.84. The monoisotopic (exact) mass is 579 g/mol. The van der Waals surface area contributed by atoms with Gasteiger partial charge in [0, 0.05) is 33.7 Å². The van der Waals surface area contributed by atoms with Crippen LogP contribution in [0.3, 0.4) is 0 Å². The second-order valence-corrected chi connectivity index (χ2v) is 10.3. The highest BCUT2D eigenvalue weighted by Gasteiger charge is 2.43. The van der Waals surface area contributed by atoms with Gasteiger partial charge in [-0.2, -0.15) is 10.5 Å². The fourth-order valence-electron chi connectivity index (χ4n) is 5.50. The predicted octanol–water partition coefficient (Wildman–Crippen LogP) is 7.14. The van der Waals surface area contributed by atoms with Gasteiger partial charge in [0.15, 0.2) is 5.78 Å². The molecule has 2 aliphatic rings. The first-order valence-electron chi connectivity index (χ1n) is 13.0. The number of anilines is 1. The summed E-state index contributed by atoms with van der Waals surface area (Å²) in [6.45, 7) is 0. The van der Waals surface area contributed by atoms with Crippen LogP contribution in [0.5, 0.6) is 11.6 Å². The highest BCUT2D eigenvalue weighted by molar-refractivity contribution is 6.31. The standard InChI is InChI=1S/C32H20ClF2N5O2/c33-19-9-12-25-18(13-19)14-21(32(39-25)42-20-10-7-17(15-36)8-11-20)28-22(16-37)31(38)40(26-5-2-6-27(41)29(26)28)30-23(34)3-1-4-24(30)35/h1,3-4,7-14,28H,2,5-6,38H2. The Kier molecular flexibility index (Phi) is 6.82. The number of hydrogen-bond acceptors (Lipinski definition) is 7. The normalized spacial score (nSPS) is 16.7. The summed E-state index contributed by atoms with van der Waals surface area (Å²) in [6.07, 6.45) is 0.913. The molecule has 0 amide bonds. The number of halogens is 3. The van der Waals surface area contributed by atoms with Crippen LogP contribution in [0.1, 0.15) is 36.3 Å². The van der Waals surface area contributed by atoms with Crippen molar-refractivity contribution in [3.63, 3.8) is 0 Å². The summed E-state index contributed by atoms with van der Waals surface area (Å²) < 4.78 is 36.4. The summed E-state index contributed by atoms with van der Waals surface area (Å²) in [5.41, 5.74) is 7.84. The molecule has 2 N–H and O–H groups in total. The topological polar surface area (TPSA) is 116 Å². The maximum Gasteiger partial charge on any atom is 0.224 e. The fourth-order valence-corrected chi connectivity index (χ4v) is 5.68. The number of nitrogens with zero attached hydrogens (tertiary/aromatic N) is 4. The molecule has 1 aliphatic carbocycles. The Labute approximate surface area is 244 Å². The van der Waals surface area contributed by atoms with Crippen molar-refractivity contribution in [3.8, 4) is 23.8 Å². The van der Waals surface area contributed by atoms with Gasteiger partial charge in [-0.05, 0) is 73.5 Å². The molecule has 1 aliphatic heterocycles. The van der Waals surface area contributed by atoms with Crippen molar-refractivity contribution in [2.24, 2.45) is 5.73 Å². The third kappa shape index (κ3) is 4.50. The Morgan fingerprint density at radius 1 is 1.00 bits per heavy atom. The Morgan fingerprint density at radius 3 is 2.43 bits per heavy atom. The van der Waals surface area contributed by atoms with E-state index in [1.165, 1.54) is 6.07 Å². The summed E-state index contributed by atoms with van der Waals surface area (Å²) >= 11 is 6.28. The highest BCUT2D eigenvalue weighted by atomic mass is 35.5. The first kappa shape index (κ1) is 26.9. The summed E-state index contributed by atoms with van der Waals surface area (Å²) in [6, 6.07) is 20.7. The van der Waals surface area contributed by atoms with Gasteiger partial charge in [-0.1, -0.05) is 17.7 Å². The van der Waals surface area contributed by atoms with E-state index in [4.69, 9.17) is 27.1 Å². The number of Topliss-reactive ketones (excluding diaryl/α,β-unsaturated/α-hetero) is 1. The number of ketones is 1.